The Morgan fingerprint density at radius 1 is 1.23 bits per heavy atom. The molecule has 6 rings (SSSR count). The second kappa shape index (κ2) is 9.22. The van der Waals surface area contributed by atoms with Crippen LogP contribution in [0.25, 0.3) is 10.9 Å². The molecule has 0 bridgehead atoms. The van der Waals surface area contributed by atoms with Crippen LogP contribution in [-0.2, 0) is 29.7 Å². The van der Waals surface area contributed by atoms with Crippen LogP contribution in [0.5, 0.6) is 0 Å². The van der Waals surface area contributed by atoms with E-state index in [2.05, 4.69) is 33.2 Å². The number of nitrogens with zero attached hydrogens (tertiary/aromatic N) is 2. The Morgan fingerprint density at radius 2 is 2.11 bits per heavy atom. The van der Waals surface area contributed by atoms with Gasteiger partial charge in [-0.15, -0.1) is 11.3 Å². The fourth-order valence-electron chi connectivity index (χ4n) is 5.42. The average molecular weight is 487 g/mol. The van der Waals surface area contributed by atoms with Crippen LogP contribution in [-0.4, -0.2) is 40.5 Å². The maximum absolute atomic E-state index is 12.8. The molecule has 1 saturated heterocycles. The van der Waals surface area contributed by atoms with Gasteiger partial charge in [0.2, 0.25) is 0 Å². The molecule has 5 heterocycles. The first-order valence-electron chi connectivity index (χ1n) is 12.4. The first-order chi connectivity index (χ1) is 17.1. The number of fused-ring (bicyclic) bond motifs is 3. The van der Waals surface area contributed by atoms with Gasteiger partial charge in [0, 0.05) is 53.6 Å². The van der Waals surface area contributed by atoms with Crippen molar-refractivity contribution in [2.75, 3.05) is 25.0 Å². The van der Waals surface area contributed by atoms with Crippen LogP contribution >= 0.6 is 11.3 Å². The summed E-state index contributed by atoms with van der Waals surface area (Å²) in [5.74, 6) is -0.203. The predicted molar refractivity (Wildman–Crippen MR) is 140 cm³/mol. The van der Waals surface area contributed by atoms with Crippen LogP contribution in [0, 0.1) is 0 Å². The molecule has 7 heteroatoms. The second-order valence-corrected chi connectivity index (χ2v) is 10.7. The number of hydrogen-bond donors (Lipinski definition) is 2. The van der Waals surface area contributed by atoms with Crippen molar-refractivity contribution in [1.82, 2.24) is 14.9 Å². The number of H-pyrrole nitrogens is 1. The Bertz CT molecular complexity index is 1350. The lowest BCUT2D eigenvalue weighted by molar-refractivity contribution is -0.0981. The molecule has 2 N–H and O–H groups in total. The Morgan fingerprint density at radius 3 is 2.91 bits per heavy atom. The van der Waals surface area contributed by atoms with E-state index >= 15 is 0 Å². The lowest BCUT2D eigenvalue weighted by Gasteiger charge is -2.44. The van der Waals surface area contributed by atoms with Crippen molar-refractivity contribution in [2.24, 2.45) is 0 Å². The lowest BCUT2D eigenvalue weighted by Crippen LogP contribution is -2.45. The first kappa shape index (κ1) is 22.5. The topological polar surface area (TPSA) is 70.2 Å². The number of aryl methyl sites for hydroxylation is 1. The van der Waals surface area contributed by atoms with Crippen molar-refractivity contribution in [1.29, 1.82) is 0 Å². The Hall–Kier alpha value is -3.00. The summed E-state index contributed by atoms with van der Waals surface area (Å²) in [5.41, 5.74) is 4.58. The highest BCUT2D eigenvalue weighted by atomic mass is 32.1. The zero-order valence-corrected chi connectivity index (χ0v) is 20.8. The summed E-state index contributed by atoms with van der Waals surface area (Å²) in [6.07, 6.45) is 7.91. The van der Waals surface area contributed by atoms with E-state index in [0.717, 1.165) is 74.1 Å². The molecule has 1 amide bonds. The number of amides is 1. The third kappa shape index (κ3) is 4.29. The number of nitrogens with one attached hydrogen (secondary N) is 2. The van der Waals surface area contributed by atoms with Crippen molar-refractivity contribution in [3.8, 4) is 0 Å². The van der Waals surface area contributed by atoms with Gasteiger partial charge in [-0.1, -0.05) is 25.1 Å². The van der Waals surface area contributed by atoms with E-state index in [1.54, 1.807) is 0 Å². The number of benzene rings is 1. The SMILES string of the molecule is CCc1cc2c(s1)CCOC21CCN(Cc2ccc(C(=O)Nc3cccc4cc[nH]c34)nc2)CC1. The van der Waals surface area contributed by atoms with E-state index in [9.17, 15) is 4.79 Å². The van der Waals surface area contributed by atoms with Crippen molar-refractivity contribution >= 4 is 33.8 Å². The number of aromatic nitrogens is 2. The van der Waals surface area contributed by atoms with Gasteiger partial charge in [-0.05, 0) is 54.7 Å². The largest absolute Gasteiger partial charge is 0.370 e. The van der Waals surface area contributed by atoms with Gasteiger partial charge >= 0.3 is 0 Å². The Labute approximate surface area is 209 Å². The Balaban J connectivity index is 1.08. The number of pyridine rings is 1. The fourth-order valence-corrected chi connectivity index (χ4v) is 6.60. The number of carbonyl (C=O) groups excluding carboxylic acids is 1. The molecule has 2 aliphatic rings. The smallest absolute Gasteiger partial charge is 0.274 e. The molecule has 6 nitrogen and oxygen atoms in total. The number of rotatable bonds is 5. The Kier molecular flexibility index (Phi) is 5.92. The third-order valence-corrected chi connectivity index (χ3v) is 8.71. The van der Waals surface area contributed by atoms with Gasteiger partial charge in [0.15, 0.2) is 0 Å². The number of anilines is 1. The van der Waals surface area contributed by atoms with Gasteiger partial charge in [0.1, 0.15) is 5.69 Å². The van der Waals surface area contributed by atoms with E-state index in [4.69, 9.17) is 4.74 Å². The van der Waals surface area contributed by atoms with Crippen molar-refractivity contribution in [3.63, 3.8) is 0 Å². The van der Waals surface area contributed by atoms with Crippen LogP contribution in [0.2, 0.25) is 0 Å². The highest BCUT2D eigenvalue weighted by Crippen LogP contribution is 2.44. The number of aromatic amines is 1. The number of piperidine rings is 1. The van der Waals surface area contributed by atoms with Crippen LogP contribution in [0.3, 0.4) is 0 Å². The molecule has 0 unspecified atom stereocenters. The molecule has 35 heavy (non-hydrogen) atoms. The predicted octanol–water partition coefficient (Wildman–Crippen LogP) is 5.50. The average Bonchev–Trinajstić information content (AvgIpc) is 3.54. The van der Waals surface area contributed by atoms with Crippen LogP contribution in [0.15, 0.2) is 54.9 Å². The minimum Gasteiger partial charge on any atom is -0.370 e. The third-order valence-electron chi connectivity index (χ3n) is 7.37. The van der Waals surface area contributed by atoms with E-state index in [1.807, 2.05) is 60.1 Å². The minimum atomic E-state index is -0.203. The summed E-state index contributed by atoms with van der Waals surface area (Å²) < 4.78 is 6.42. The highest BCUT2D eigenvalue weighted by Gasteiger charge is 2.41. The molecule has 180 valence electrons. The number of ether oxygens (including phenoxy) is 1. The number of hydrogen-bond acceptors (Lipinski definition) is 5. The summed E-state index contributed by atoms with van der Waals surface area (Å²) in [4.78, 5) is 25.9. The molecule has 0 atom stereocenters. The molecular weight excluding hydrogens is 456 g/mol. The molecule has 0 saturated carbocycles. The normalized spacial score (nSPS) is 17.5. The molecule has 2 aliphatic heterocycles. The number of carbonyl (C=O) groups is 1. The van der Waals surface area contributed by atoms with Crippen molar-refractivity contribution in [3.05, 3.63) is 81.4 Å². The zero-order valence-electron chi connectivity index (χ0n) is 20.0. The molecule has 3 aromatic heterocycles. The van der Waals surface area contributed by atoms with Crippen molar-refractivity contribution in [2.45, 2.75) is 44.8 Å². The van der Waals surface area contributed by atoms with Gasteiger partial charge in [0.25, 0.3) is 5.91 Å². The van der Waals surface area contributed by atoms with Gasteiger partial charge in [-0.3, -0.25) is 14.7 Å². The van der Waals surface area contributed by atoms with Crippen LogP contribution in [0.4, 0.5) is 5.69 Å². The maximum Gasteiger partial charge on any atom is 0.274 e. The minimum absolute atomic E-state index is 0.101. The molecule has 0 radical (unpaired) electrons. The van der Waals surface area contributed by atoms with Crippen molar-refractivity contribution < 1.29 is 9.53 Å². The van der Waals surface area contributed by atoms with Gasteiger partial charge in [-0.25, -0.2) is 0 Å². The molecule has 1 spiro atoms. The number of para-hydroxylation sites is 1. The van der Waals surface area contributed by atoms with Crippen LogP contribution < -0.4 is 5.32 Å². The number of likely N-dealkylation sites (tertiary alicyclic amines) is 1. The summed E-state index contributed by atoms with van der Waals surface area (Å²) in [6.45, 7) is 5.91. The first-order valence-corrected chi connectivity index (χ1v) is 13.3. The number of thiophene rings is 1. The standard InChI is InChI=1S/C28H30N4O2S/c1-2-21-16-22-25(35-21)9-15-34-28(22)10-13-32(14-11-28)18-19-6-7-24(30-17-19)27(33)31-23-5-3-4-20-8-12-29-26(20)23/h3-8,12,16-17,29H,2,9-11,13-15,18H2,1H3,(H,31,33). The summed E-state index contributed by atoms with van der Waals surface area (Å²) in [5, 5.41) is 4.04. The van der Waals surface area contributed by atoms with Gasteiger partial charge in [0.05, 0.1) is 23.4 Å². The molecule has 1 fully saturated rings. The molecular formula is C28H30N4O2S. The zero-order chi connectivity index (χ0) is 23.8. The maximum atomic E-state index is 12.8. The molecule has 1 aromatic carbocycles. The summed E-state index contributed by atoms with van der Waals surface area (Å²) in [6, 6.07) is 14.1. The summed E-state index contributed by atoms with van der Waals surface area (Å²) in [7, 11) is 0. The monoisotopic (exact) mass is 486 g/mol. The van der Waals surface area contributed by atoms with E-state index < -0.39 is 0 Å². The second-order valence-electron chi connectivity index (χ2n) is 9.53. The van der Waals surface area contributed by atoms with E-state index in [0.29, 0.717) is 5.69 Å². The lowest BCUT2D eigenvalue weighted by atomic mass is 9.82. The van der Waals surface area contributed by atoms with Gasteiger partial charge < -0.3 is 15.0 Å². The summed E-state index contributed by atoms with van der Waals surface area (Å²) >= 11 is 1.97. The van der Waals surface area contributed by atoms with Crippen LogP contribution in [0.1, 0.15) is 51.1 Å². The van der Waals surface area contributed by atoms with E-state index in [1.165, 1.54) is 15.3 Å². The van der Waals surface area contributed by atoms with Gasteiger partial charge in [-0.2, -0.15) is 0 Å². The fraction of sp³-hybridized carbons (Fsp3) is 0.357. The van der Waals surface area contributed by atoms with E-state index in [-0.39, 0.29) is 11.5 Å². The molecule has 4 aromatic rings. The quantitative estimate of drug-likeness (QED) is 0.391. The highest BCUT2D eigenvalue weighted by molar-refractivity contribution is 7.12. The molecule has 0 aliphatic carbocycles.